The standard InChI is InChI=1S/C22H29NO3S2/c1-6-27-10-9-26-21(25)18-14(3)23-15-11-22(4,5)12-16(24)19(15)20(18)17-8-7-13(2)28-17/h7-8,19-20H,6,9-12H2,1-5H3/t19-,20+/m0/s1. The van der Waals surface area contributed by atoms with Crippen molar-refractivity contribution in [3.63, 3.8) is 0 Å². The lowest BCUT2D eigenvalue weighted by atomic mass is 9.64. The zero-order chi connectivity index (χ0) is 20.5. The van der Waals surface area contributed by atoms with Gasteiger partial charge < -0.3 is 4.74 Å². The molecule has 152 valence electrons. The van der Waals surface area contributed by atoms with Gasteiger partial charge in [-0.1, -0.05) is 20.8 Å². The molecular weight excluding hydrogens is 390 g/mol. The summed E-state index contributed by atoms with van der Waals surface area (Å²) < 4.78 is 5.57. The molecule has 0 radical (unpaired) electrons. The van der Waals surface area contributed by atoms with E-state index in [2.05, 4.69) is 26.8 Å². The second-order valence-electron chi connectivity index (χ2n) is 8.32. The summed E-state index contributed by atoms with van der Waals surface area (Å²) in [5, 5.41) is 0. The molecule has 0 aromatic carbocycles. The highest BCUT2D eigenvalue weighted by atomic mass is 32.2. The van der Waals surface area contributed by atoms with Crippen molar-refractivity contribution < 1.29 is 14.3 Å². The van der Waals surface area contributed by atoms with E-state index in [0.717, 1.165) is 28.5 Å². The molecule has 0 unspecified atom stereocenters. The van der Waals surface area contributed by atoms with Crippen LogP contribution in [-0.2, 0) is 14.3 Å². The van der Waals surface area contributed by atoms with E-state index in [1.165, 1.54) is 4.88 Å². The third-order valence-electron chi connectivity index (χ3n) is 5.32. The van der Waals surface area contributed by atoms with Gasteiger partial charge >= 0.3 is 5.97 Å². The van der Waals surface area contributed by atoms with Crippen LogP contribution in [-0.4, -0.2) is 35.6 Å². The van der Waals surface area contributed by atoms with E-state index in [1.54, 1.807) is 23.1 Å². The van der Waals surface area contributed by atoms with Crippen LogP contribution in [0.5, 0.6) is 0 Å². The highest BCUT2D eigenvalue weighted by Crippen LogP contribution is 2.48. The Kier molecular flexibility index (Phi) is 6.50. The molecule has 0 N–H and O–H groups in total. The fourth-order valence-electron chi connectivity index (χ4n) is 4.20. The van der Waals surface area contributed by atoms with Gasteiger partial charge in [-0.2, -0.15) is 11.8 Å². The maximum absolute atomic E-state index is 13.2. The predicted octanol–water partition coefficient (Wildman–Crippen LogP) is 5.17. The molecule has 2 heterocycles. The maximum atomic E-state index is 13.2. The zero-order valence-corrected chi connectivity index (χ0v) is 19.0. The number of ether oxygens (including phenoxy) is 1. The number of esters is 1. The Hall–Kier alpha value is -1.40. The second-order valence-corrected chi connectivity index (χ2v) is 11.0. The molecule has 1 aliphatic carbocycles. The van der Waals surface area contributed by atoms with E-state index < -0.39 is 0 Å². The molecule has 0 bridgehead atoms. The summed E-state index contributed by atoms with van der Waals surface area (Å²) >= 11 is 3.40. The molecule has 1 aromatic heterocycles. The Labute approximate surface area is 175 Å². The van der Waals surface area contributed by atoms with E-state index in [4.69, 9.17) is 9.73 Å². The third-order valence-corrected chi connectivity index (χ3v) is 7.26. The normalized spacial score (nSPS) is 24.0. The van der Waals surface area contributed by atoms with E-state index in [9.17, 15) is 9.59 Å². The Bertz CT molecular complexity index is 835. The molecule has 2 atom stereocenters. The lowest BCUT2D eigenvalue weighted by Crippen LogP contribution is -2.43. The van der Waals surface area contributed by atoms with Crippen molar-refractivity contribution in [2.75, 3.05) is 18.1 Å². The fourth-order valence-corrected chi connectivity index (χ4v) is 5.72. The Balaban J connectivity index is 1.99. The van der Waals surface area contributed by atoms with Gasteiger partial charge in [0.2, 0.25) is 0 Å². The molecule has 0 spiro atoms. The molecule has 1 fully saturated rings. The number of thiophene rings is 1. The average molecular weight is 420 g/mol. The first-order valence-electron chi connectivity index (χ1n) is 9.85. The van der Waals surface area contributed by atoms with Crippen LogP contribution in [0, 0.1) is 18.3 Å². The van der Waals surface area contributed by atoms with Crippen molar-refractivity contribution in [2.45, 2.75) is 53.4 Å². The van der Waals surface area contributed by atoms with Gasteiger partial charge in [-0.05, 0) is 43.6 Å². The van der Waals surface area contributed by atoms with Gasteiger partial charge in [0.25, 0.3) is 0 Å². The molecular formula is C22H29NO3S2. The molecule has 3 rings (SSSR count). The Morgan fingerprint density at radius 2 is 2.04 bits per heavy atom. The number of ketones is 1. The van der Waals surface area contributed by atoms with Crippen LogP contribution < -0.4 is 0 Å². The lowest BCUT2D eigenvalue weighted by Gasteiger charge is -2.40. The first-order chi connectivity index (χ1) is 13.2. The molecule has 28 heavy (non-hydrogen) atoms. The number of hydrogen-bond donors (Lipinski definition) is 0. The molecule has 2 aliphatic rings. The monoisotopic (exact) mass is 419 g/mol. The van der Waals surface area contributed by atoms with Gasteiger partial charge in [0.15, 0.2) is 0 Å². The van der Waals surface area contributed by atoms with Gasteiger partial charge in [-0.25, -0.2) is 4.79 Å². The SMILES string of the molecule is CCSCCOC(=O)C1=C(C)N=C2CC(C)(C)CC(=O)[C@H]2[C@@H]1c1ccc(C)s1. The summed E-state index contributed by atoms with van der Waals surface area (Å²) in [7, 11) is 0. The topological polar surface area (TPSA) is 55.7 Å². The molecule has 1 aromatic rings. The number of carbonyl (C=O) groups excluding carboxylic acids is 2. The summed E-state index contributed by atoms with van der Waals surface area (Å²) in [4.78, 5) is 33.1. The van der Waals surface area contributed by atoms with Gasteiger partial charge in [0.05, 0.1) is 11.5 Å². The van der Waals surface area contributed by atoms with Crippen molar-refractivity contribution in [3.8, 4) is 0 Å². The molecule has 4 nitrogen and oxygen atoms in total. The lowest BCUT2D eigenvalue weighted by molar-refractivity contribution is -0.139. The van der Waals surface area contributed by atoms with Crippen molar-refractivity contribution >= 4 is 40.6 Å². The van der Waals surface area contributed by atoms with E-state index in [0.29, 0.717) is 24.3 Å². The van der Waals surface area contributed by atoms with Crippen LogP contribution in [0.3, 0.4) is 0 Å². The highest BCUT2D eigenvalue weighted by molar-refractivity contribution is 7.99. The first-order valence-corrected chi connectivity index (χ1v) is 11.8. The Morgan fingerprint density at radius 1 is 1.29 bits per heavy atom. The molecule has 6 heteroatoms. The number of Topliss-reactive ketones (excluding diaryl/α,β-unsaturated/α-hetero) is 1. The van der Waals surface area contributed by atoms with Gasteiger partial charge in [-0.15, -0.1) is 11.3 Å². The predicted molar refractivity (Wildman–Crippen MR) is 117 cm³/mol. The number of fused-ring (bicyclic) bond motifs is 1. The van der Waals surface area contributed by atoms with Crippen LogP contribution in [0.1, 0.15) is 56.2 Å². The Morgan fingerprint density at radius 3 is 2.68 bits per heavy atom. The number of aryl methyl sites for hydroxylation is 1. The minimum atomic E-state index is -0.345. The number of aliphatic imine (C=N–C) groups is 1. The summed E-state index contributed by atoms with van der Waals surface area (Å²) in [5.74, 6) is 1.01. The smallest absolute Gasteiger partial charge is 0.336 e. The maximum Gasteiger partial charge on any atom is 0.336 e. The summed E-state index contributed by atoms with van der Waals surface area (Å²) in [6.45, 7) is 10.6. The van der Waals surface area contributed by atoms with Crippen LogP contribution in [0.25, 0.3) is 0 Å². The van der Waals surface area contributed by atoms with E-state index in [1.807, 2.05) is 19.9 Å². The molecule has 0 amide bonds. The van der Waals surface area contributed by atoms with Gasteiger partial charge in [-0.3, -0.25) is 9.79 Å². The minimum absolute atomic E-state index is 0.0853. The fraction of sp³-hybridized carbons (Fsp3) is 0.591. The first kappa shape index (κ1) is 21.3. The quantitative estimate of drug-likeness (QED) is 0.471. The number of hydrogen-bond acceptors (Lipinski definition) is 6. The van der Waals surface area contributed by atoms with Crippen LogP contribution in [0.2, 0.25) is 0 Å². The van der Waals surface area contributed by atoms with Crippen molar-refractivity contribution in [2.24, 2.45) is 16.3 Å². The summed E-state index contributed by atoms with van der Waals surface area (Å²) in [6, 6.07) is 4.10. The molecule has 1 aliphatic heterocycles. The minimum Gasteiger partial charge on any atom is -0.461 e. The number of allylic oxidation sites excluding steroid dienone is 1. The zero-order valence-electron chi connectivity index (χ0n) is 17.3. The number of carbonyl (C=O) groups is 2. The van der Waals surface area contributed by atoms with Crippen molar-refractivity contribution in [1.29, 1.82) is 0 Å². The van der Waals surface area contributed by atoms with E-state index >= 15 is 0 Å². The van der Waals surface area contributed by atoms with Gasteiger partial charge in [0.1, 0.15) is 12.4 Å². The van der Waals surface area contributed by atoms with Crippen LogP contribution in [0.15, 0.2) is 28.4 Å². The molecule has 1 saturated carbocycles. The highest BCUT2D eigenvalue weighted by Gasteiger charge is 2.48. The van der Waals surface area contributed by atoms with Crippen LogP contribution >= 0.6 is 23.1 Å². The number of rotatable bonds is 6. The van der Waals surface area contributed by atoms with Crippen molar-refractivity contribution in [1.82, 2.24) is 0 Å². The second kappa shape index (κ2) is 8.54. The summed E-state index contributed by atoms with van der Waals surface area (Å²) in [6.07, 6.45) is 1.31. The third kappa shape index (κ3) is 4.43. The largest absolute Gasteiger partial charge is 0.461 e. The number of thioether (sulfide) groups is 1. The van der Waals surface area contributed by atoms with Gasteiger partial charge in [0, 0.05) is 39.3 Å². The van der Waals surface area contributed by atoms with Crippen molar-refractivity contribution in [3.05, 3.63) is 33.2 Å². The summed E-state index contributed by atoms with van der Waals surface area (Å²) in [5.41, 5.74) is 2.09. The average Bonchev–Trinajstić information content (AvgIpc) is 3.02. The molecule has 0 saturated heterocycles. The van der Waals surface area contributed by atoms with Crippen LogP contribution in [0.4, 0.5) is 0 Å². The number of nitrogens with zero attached hydrogens (tertiary/aromatic N) is 1. The van der Waals surface area contributed by atoms with E-state index in [-0.39, 0.29) is 29.0 Å².